The molecular weight excluding hydrogens is 244 g/mol. The van der Waals surface area contributed by atoms with Gasteiger partial charge in [-0.25, -0.2) is 4.79 Å². The maximum Gasteiger partial charge on any atom is 0.335 e. The number of aromatic carboxylic acids is 1. The van der Waals surface area contributed by atoms with Crippen molar-refractivity contribution in [2.45, 2.75) is 13.0 Å². The molecule has 1 aromatic rings. The highest BCUT2D eigenvalue weighted by molar-refractivity contribution is 5.88. The Balaban J connectivity index is 2.11. The average molecular weight is 262 g/mol. The highest BCUT2D eigenvalue weighted by Gasteiger charge is 2.20. The largest absolute Gasteiger partial charge is 0.478 e. The van der Waals surface area contributed by atoms with Crippen molar-refractivity contribution in [2.75, 3.05) is 27.2 Å². The standard InChI is InChI=1S/C14H18N2O3/c1-15(2)13(17)9-16-6-5-10-3-4-11(14(18)19)7-12(10)8-16/h3-4,7H,5-6,8-9H2,1-2H3,(H,18,19). The van der Waals surface area contributed by atoms with E-state index in [0.717, 1.165) is 18.5 Å². The topological polar surface area (TPSA) is 60.9 Å². The summed E-state index contributed by atoms with van der Waals surface area (Å²) in [7, 11) is 3.48. The Morgan fingerprint density at radius 1 is 1.32 bits per heavy atom. The number of carboxylic acids is 1. The molecule has 0 bridgehead atoms. The number of nitrogens with zero attached hydrogens (tertiary/aromatic N) is 2. The Morgan fingerprint density at radius 2 is 2.05 bits per heavy atom. The van der Waals surface area contributed by atoms with Gasteiger partial charge in [0, 0.05) is 27.2 Å². The molecule has 0 fully saturated rings. The third kappa shape index (κ3) is 3.12. The first-order valence-electron chi connectivity index (χ1n) is 6.25. The molecule has 0 aliphatic carbocycles. The van der Waals surface area contributed by atoms with Gasteiger partial charge in [0.2, 0.25) is 5.91 Å². The summed E-state index contributed by atoms with van der Waals surface area (Å²) in [5.74, 6) is -0.845. The highest BCUT2D eigenvalue weighted by atomic mass is 16.4. The Kier molecular flexibility index (Phi) is 3.85. The van der Waals surface area contributed by atoms with Crippen LogP contribution < -0.4 is 0 Å². The highest BCUT2D eigenvalue weighted by Crippen LogP contribution is 2.20. The predicted molar refractivity (Wildman–Crippen MR) is 71.1 cm³/mol. The van der Waals surface area contributed by atoms with Crippen LogP contribution in [0.2, 0.25) is 0 Å². The molecule has 0 atom stereocenters. The molecule has 0 saturated heterocycles. The molecule has 2 rings (SSSR count). The normalized spacial score (nSPS) is 14.8. The first-order valence-corrected chi connectivity index (χ1v) is 6.25. The van der Waals surface area contributed by atoms with Crippen molar-refractivity contribution in [3.05, 3.63) is 34.9 Å². The van der Waals surface area contributed by atoms with Crippen LogP contribution in [-0.4, -0.2) is 54.0 Å². The summed E-state index contributed by atoms with van der Waals surface area (Å²) in [6.45, 7) is 1.85. The van der Waals surface area contributed by atoms with Crippen LogP contribution in [-0.2, 0) is 17.8 Å². The molecule has 0 saturated carbocycles. The van der Waals surface area contributed by atoms with E-state index in [1.807, 2.05) is 6.07 Å². The van der Waals surface area contributed by atoms with Gasteiger partial charge in [-0.3, -0.25) is 9.69 Å². The fourth-order valence-corrected chi connectivity index (χ4v) is 2.22. The van der Waals surface area contributed by atoms with Crippen LogP contribution in [0.25, 0.3) is 0 Å². The van der Waals surface area contributed by atoms with E-state index in [-0.39, 0.29) is 5.91 Å². The first kappa shape index (κ1) is 13.5. The molecule has 1 amide bonds. The van der Waals surface area contributed by atoms with Crippen molar-refractivity contribution in [3.63, 3.8) is 0 Å². The number of fused-ring (bicyclic) bond motifs is 1. The molecule has 102 valence electrons. The van der Waals surface area contributed by atoms with Crippen molar-refractivity contribution in [1.82, 2.24) is 9.80 Å². The van der Waals surface area contributed by atoms with Crippen molar-refractivity contribution in [2.24, 2.45) is 0 Å². The van der Waals surface area contributed by atoms with E-state index >= 15 is 0 Å². The number of likely N-dealkylation sites (N-methyl/N-ethyl adjacent to an activating group) is 1. The number of hydrogen-bond donors (Lipinski definition) is 1. The van der Waals surface area contributed by atoms with E-state index in [0.29, 0.717) is 18.7 Å². The van der Waals surface area contributed by atoms with Crippen molar-refractivity contribution < 1.29 is 14.7 Å². The number of amides is 1. The minimum atomic E-state index is -0.913. The second-order valence-electron chi connectivity index (χ2n) is 5.04. The predicted octanol–water partition coefficient (Wildman–Crippen LogP) is 0.831. The Hall–Kier alpha value is -1.88. The fraction of sp³-hybridized carbons (Fsp3) is 0.429. The first-order chi connectivity index (χ1) is 8.97. The second kappa shape index (κ2) is 5.40. The summed E-state index contributed by atoms with van der Waals surface area (Å²) in [5.41, 5.74) is 2.50. The average Bonchev–Trinajstić information content (AvgIpc) is 2.37. The molecule has 0 radical (unpaired) electrons. The molecule has 0 spiro atoms. The van der Waals surface area contributed by atoms with E-state index < -0.39 is 5.97 Å². The van der Waals surface area contributed by atoms with E-state index in [2.05, 4.69) is 4.90 Å². The second-order valence-corrected chi connectivity index (χ2v) is 5.04. The smallest absolute Gasteiger partial charge is 0.335 e. The van der Waals surface area contributed by atoms with Crippen LogP contribution in [0.5, 0.6) is 0 Å². The number of carboxylic acid groups (broad SMARTS) is 1. The molecule has 19 heavy (non-hydrogen) atoms. The van der Waals surface area contributed by atoms with Crippen LogP contribution in [0.1, 0.15) is 21.5 Å². The molecule has 5 heteroatoms. The number of carbonyl (C=O) groups excluding carboxylic acids is 1. The molecule has 1 aliphatic rings. The lowest BCUT2D eigenvalue weighted by Gasteiger charge is -2.29. The summed E-state index contributed by atoms with van der Waals surface area (Å²) in [4.78, 5) is 26.3. The van der Waals surface area contributed by atoms with Crippen LogP contribution in [0.3, 0.4) is 0 Å². The summed E-state index contributed by atoms with van der Waals surface area (Å²) < 4.78 is 0. The summed E-state index contributed by atoms with van der Waals surface area (Å²) in [6, 6.07) is 5.23. The summed E-state index contributed by atoms with van der Waals surface area (Å²) in [6.07, 6.45) is 0.857. The van der Waals surface area contributed by atoms with Crippen LogP contribution in [0.4, 0.5) is 0 Å². The number of rotatable bonds is 3. The minimum absolute atomic E-state index is 0.0674. The minimum Gasteiger partial charge on any atom is -0.478 e. The molecule has 1 N–H and O–H groups in total. The van der Waals surface area contributed by atoms with Gasteiger partial charge in [-0.2, -0.15) is 0 Å². The van der Waals surface area contributed by atoms with Gasteiger partial charge in [0.05, 0.1) is 12.1 Å². The number of benzene rings is 1. The van der Waals surface area contributed by atoms with E-state index in [1.165, 1.54) is 5.56 Å². The quantitative estimate of drug-likeness (QED) is 0.876. The lowest BCUT2D eigenvalue weighted by Crippen LogP contribution is -2.39. The SMILES string of the molecule is CN(C)C(=O)CN1CCc2ccc(C(=O)O)cc2C1. The molecule has 1 aromatic carbocycles. The lowest BCUT2D eigenvalue weighted by atomic mass is 9.97. The molecule has 1 heterocycles. The van der Waals surface area contributed by atoms with Crippen molar-refractivity contribution >= 4 is 11.9 Å². The van der Waals surface area contributed by atoms with E-state index in [9.17, 15) is 9.59 Å². The third-order valence-electron chi connectivity index (χ3n) is 3.40. The van der Waals surface area contributed by atoms with Gasteiger partial charge >= 0.3 is 5.97 Å². The molecule has 5 nitrogen and oxygen atoms in total. The van der Waals surface area contributed by atoms with Gasteiger partial charge in [0.15, 0.2) is 0 Å². The fourth-order valence-electron chi connectivity index (χ4n) is 2.22. The van der Waals surface area contributed by atoms with Crippen LogP contribution in [0.15, 0.2) is 18.2 Å². The number of hydrogen-bond acceptors (Lipinski definition) is 3. The Morgan fingerprint density at radius 3 is 2.68 bits per heavy atom. The zero-order valence-electron chi connectivity index (χ0n) is 11.2. The zero-order valence-corrected chi connectivity index (χ0v) is 11.2. The Labute approximate surface area is 112 Å². The van der Waals surface area contributed by atoms with Gasteiger partial charge in [0.1, 0.15) is 0 Å². The maximum absolute atomic E-state index is 11.7. The maximum atomic E-state index is 11.7. The molecular formula is C14H18N2O3. The van der Waals surface area contributed by atoms with Gasteiger partial charge < -0.3 is 10.0 Å². The van der Waals surface area contributed by atoms with Crippen LogP contribution in [0, 0.1) is 0 Å². The third-order valence-corrected chi connectivity index (χ3v) is 3.40. The molecule has 0 aromatic heterocycles. The summed E-state index contributed by atoms with van der Waals surface area (Å²) >= 11 is 0. The number of carbonyl (C=O) groups is 2. The Bertz CT molecular complexity index is 511. The van der Waals surface area contributed by atoms with Crippen molar-refractivity contribution in [1.29, 1.82) is 0 Å². The van der Waals surface area contributed by atoms with Gasteiger partial charge in [0.25, 0.3) is 0 Å². The van der Waals surface area contributed by atoms with E-state index in [1.54, 1.807) is 31.1 Å². The zero-order chi connectivity index (χ0) is 14.0. The van der Waals surface area contributed by atoms with Gasteiger partial charge in [-0.15, -0.1) is 0 Å². The lowest BCUT2D eigenvalue weighted by molar-refractivity contribution is -0.130. The monoisotopic (exact) mass is 262 g/mol. The van der Waals surface area contributed by atoms with Crippen molar-refractivity contribution in [3.8, 4) is 0 Å². The van der Waals surface area contributed by atoms with Crippen LogP contribution >= 0.6 is 0 Å². The molecule has 1 aliphatic heterocycles. The van der Waals surface area contributed by atoms with E-state index in [4.69, 9.17) is 5.11 Å². The van der Waals surface area contributed by atoms with Gasteiger partial charge in [-0.1, -0.05) is 6.07 Å². The summed E-state index contributed by atoms with van der Waals surface area (Å²) in [5, 5.41) is 9.00. The van der Waals surface area contributed by atoms with Gasteiger partial charge in [-0.05, 0) is 29.7 Å². The molecule has 0 unspecified atom stereocenters.